The van der Waals surface area contributed by atoms with Gasteiger partial charge in [-0.1, -0.05) is 6.07 Å². The minimum atomic E-state index is 0.770. The number of aromatic nitrogens is 1. The van der Waals surface area contributed by atoms with E-state index < -0.39 is 0 Å². The molecule has 1 heterocycles. The summed E-state index contributed by atoms with van der Waals surface area (Å²) in [6, 6.07) is 6.08. The van der Waals surface area contributed by atoms with Crippen LogP contribution in [0.3, 0.4) is 0 Å². The Morgan fingerprint density at radius 2 is 1.95 bits per heavy atom. The molecule has 108 valence electrons. The standard InChI is InChI=1S/C17H25N3/c1-12-14(10-18-15-5-6-15)4-9-17(19-12)20(16-7-8-16)11-13-2-3-13/h4,9,13,15-16,18H,2-3,5-8,10-11H2,1H3. The number of hydrogen-bond donors (Lipinski definition) is 1. The Kier molecular flexibility index (Phi) is 3.18. The Labute approximate surface area is 121 Å². The molecular formula is C17H25N3. The summed E-state index contributed by atoms with van der Waals surface area (Å²) in [4.78, 5) is 7.47. The molecule has 1 aromatic heterocycles. The summed E-state index contributed by atoms with van der Waals surface area (Å²) in [7, 11) is 0. The predicted molar refractivity (Wildman–Crippen MR) is 81.9 cm³/mol. The van der Waals surface area contributed by atoms with Gasteiger partial charge in [0.1, 0.15) is 5.82 Å². The zero-order valence-corrected chi connectivity index (χ0v) is 12.4. The van der Waals surface area contributed by atoms with Gasteiger partial charge >= 0.3 is 0 Å². The number of nitrogens with one attached hydrogen (secondary N) is 1. The third-order valence-electron chi connectivity index (χ3n) is 4.77. The van der Waals surface area contributed by atoms with Gasteiger partial charge < -0.3 is 10.2 Å². The van der Waals surface area contributed by atoms with Crippen LogP contribution in [-0.2, 0) is 6.54 Å². The number of aryl methyl sites for hydroxylation is 1. The van der Waals surface area contributed by atoms with Crippen molar-refractivity contribution in [1.29, 1.82) is 0 Å². The average Bonchev–Trinajstić information content (AvgIpc) is 3.25. The van der Waals surface area contributed by atoms with Crippen molar-refractivity contribution in [1.82, 2.24) is 10.3 Å². The summed E-state index contributed by atoms with van der Waals surface area (Å²) in [5.74, 6) is 2.15. The minimum Gasteiger partial charge on any atom is -0.353 e. The van der Waals surface area contributed by atoms with E-state index in [1.54, 1.807) is 0 Å². The van der Waals surface area contributed by atoms with Crippen LogP contribution in [-0.4, -0.2) is 23.6 Å². The third-order valence-corrected chi connectivity index (χ3v) is 4.77. The lowest BCUT2D eigenvalue weighted by Crippen LogP contribution is -2.29. The molecule has 20 heavy (non-hydrogen) atoms. The van der Waals surface area contributed by atoms with Gasteiger partial charge in [0.05, 0.1) is 0 Å². The van der Waals surface area contributed by atoms with Crippen molar-refractivity contribution < 1.29 is 0 Å². The van der Waals surface area contributed by atoms with Crippen molar-refractivity contribution in [3.8, 4) is 0 Å². The van der Waals surface area contributed by atoms with Gasteiger partial charge in [-0.15, -0.1) is 0 Å². The monoisotopic (exact) mass is 271 g/mol. The summed E-state index contributed by atoms with van der Waals surface area (Å²) in [6.45, 7) is 4.38. The first-order valence-corrected chi connectivity index (χ1v) is 8.26. The molecule has 1 aromatic rings. The molecule has 0 aromatic carbocycles. The van der Waals surface area contributed by atoms with Crippen molar-refractivity contribution in [2.75, 3.05) is 11.4 Å². The fourth-order valence-corrected chi connectivity index (χ4v) is 2.86. The number of nitrogens with zero attached hydrogens (tertiary/aromatic N) is 2. The lowest BCUT2D eigenvalue weighted by molar-refractivity contribution is 0.678. The van der Waals surface area contributed by atoms with Gasteiger partial charge in [-0.25, -0.2) is 4.98 Å². The molecule has 1 N–H and O–H groups in total. The first-order valence-electron chi connectivity index (χ1n) is 8.26. The molecule has 0 bridgehead atoms. The highest BCUT2D eigenvalue weighted by Crippen LogP contribution is 2.37. The van der Waals surface area contributed by atoms with Crippen LogP contribution in [0.25, 0.3) is 0 Å². The van der Waals surface area contributed by atoms with Crippen molar-refractivity contribution in [3.63, 3.8) is 0 Å². The first-order chi connectivity index (χ1) is 9.79. The van der Waals surface area contributed by atoms with Crippen LogP contribution in [0.15, 0.2) is 12.1 Å². The van der Waals surface area contributed by atoms with E-state index in [9.17, 15) is 0 Å². The predicted octanol–water partition coefficient (Wildman–Crippen LogP) is 3.02. The summed E-state index contributed by atoms with van der Waals surface area (Å²) >= 11 is 0. The summed E-state index contributed by atoms with van der Waals surface area (Å²) < 4.78 is 0. The van der Waals surface area contributed by atoms with Crippen molar-refractivity contribution in [2.24, 2.45) is 5.92 Å². The minimum absolute atomic E-state index is 0.770. The van der Waals surface area contributed by atoms with Gasteiger partial charge in [0.2, 0.25) is 0 Å². The molecule has 3 fully saturated rings. The highest BCUT2D eigenvalue weighted by molar-refractivity contribution is 5.44. The maximum Gasteiger partial charge on any atom is 0.129 e. The smallest absolute Gasteiger partial charge is 0.129 e. The van der Waals surface area contributed by atoms with E-state index in [0.717, 1.165) is 24.5 Å². The third kappa shape index (κ3) is 2.98. The molecule has 3 heteroatoms. The van der Waals surface area contributed by atoms with Crippen molar-refractivity contribution in [2.45, 2.75) is 64.1 Å². The molecule has 0 atom stereocenters. The second-order valence-corrected chi connectivity index (χ2v) is 6.90. The number of anilines is 1. The Morgan fingerprint density at radius 3 is 2.55 bits per heavy atom. The van der Waals surface area contributed by atoms with E-state index in [1.807, 2.05) is 0 Å². The van der Waals surface area contributed by atoms with Crippen LogP contribution in [0.4, 0.5) is 5.82 Å². The lowest BCUT2D eigenvalue weighted by atomic mass is 10.2. The lowest BCUT2D eigenvalue weighted by Gasteiger charge is -2.24. The molecular weight excluding hydrogens is 246 g/mol. The zero-order valence-electron chi connectivity index (χ0n) is 12.4. The fraction of sp³-hybridized carbons (Fsp3) is 0.706. The maximum atomic E-state index is 4.90. The van der Waals surface area contributed by atoms with Gasteiger partial charge in [-0.2, -0.15) is 0 Å². The van der Waals surface area contributed by atoms with E-state index in [1.165, 1.54) is 62.1 Å². The zero-order chi connectivity index (χ0) is 13.5. The highest BCUT2D eigenvalue weighted by Gasteiger charge is 2.34. The van der Waals surface area contributed by atoms with Gasteiger partial charge in [0.15, 0.2) is 0 Å². The van der Waals surface area contributed by atoms with Gasteiger partial charge in [0, 0.05) is 30.9 Å². The van der Waals surface area contributed by atoms with Crippen LogP contribution in [0.5, 0.6) is 0 Å². The number of pyridine rings is 1. The topological polar surface area (TPSA) is 28.2 Å². The van der Waals surface area contributed by atoms with E-state index in [-0.39, 0.29) is 0 Å². The number of rotatable bonds is 7. The molecule has 0 amide bonds. The van der Waals surface area contributed by atoms with Gasteiger partial charge in [0.25, 0.3) is 0 Å². The van der Waals surface area contributed by atoms with E-state index in [4.69, 9.17) is 4.98 Å². The van der Waals surface area contributed by atoms with E-state index in [2.05, 4.69) is 29.3 Å². The fourth-order valence-electron chi connectivity index (χ4n) is 2.86. The second kappa shape index (κ2) is 5.03. The molecule has 3 aliphatic carbocycles. The van der Waals surface area contributed by atoms with Crippen molar-refractivity contribution >= 4 is 5.82 Å². The Bertz CT molecular complexity index is 487. The van der Waals surface area contributed by atoms with E-state index in [0.29, 0.717) is 0 Å². The van der Waals surface area contributed by atoms with Gasteiger partial charge in [-0.3, -0.25) is 0 Å². The normalized spacial score (nSPS) is 22.1. The quantitative estimate of drug-likeness (QED) is 0.826. The molecule has 0 unspecified atom stereocenters. The molecule has 4 rings (SSSR count). The molecule has 0 saturated heterocycles. The van der Waals surface area contributed by atoms with Gasteiger partial charge in [-0.05, 0) is 63.0 Å². The van der Waals surface area contributed by atoms with Crippen LogP contribution < -0.4 is 10.2 Å². The Morgan fingerprint density at radius 1 is 1.15 bits per heavy atom. The Hall–Kier alpha value is -1.09. The SMILES string of the molecule is Cc1nc(N(CC2CC2)C2CC2)ccc1CNC1CC1. The Balaban J connectivity index is 1.46. The van der Waals surface area contributed by atoms with Crippen LogP contribution >= 0.6 is 0 Å². The first kappa shape index (κ1) is 12.6. The largest absolute Gasteiger partial charge is 0.353 e. The molecule has 3 aliphatic rings. The molecule has 0 radical (unpaired) electrons. The average molecular weight is 271 g/mol. The summed E-state index contributed by atoms with van der Waals surface area (Å²) in [5, 5.41) is 3.59. The molecule has 0 aliphatic heterocycles. The van der Waals surface area contributed by atoms with Crippen molar-refractivity contribution in [3.05, 3.63) is 23.4 Å². The molecule has 0 spiro atoms. The number of hydrogen-bond acceptors (Lipinski definition) is 3. The summed E-state index contributed by atoms with van der Waals surface area (Å²) in [6.07, 6.45) is 8.26. The maximum absolute atomic E-state index is 4.90. The highest BCUT2D eigenvalue weighted by atomic mass is 15.2. The van der Waals surface area contributed by atoms with Crippen LogP contribution in [0, 0.1) is 12.8 Å². The molecule has 3 saturated carbocycles. The van der Waals surface area contributed by atoms with Crippen LogP contribution in [0.1, 0.15) is 49.8 Å². The second-order valence-electron chi connectivity index (χ2n) is 6.90. The summed E-state index contributed by atoms with van der Waals surface area (Å²) in [5.41, 5.74) is 2.57. The molecule has 3 nitrogen and oxygen atoms in total. The van der Waals surface area contributed by atoms with Crippen LogP contribution in [0.2, 0.25) is 0 Å². The van der Waals surface area contributed by atoms with E-state index >= 15 is 0 Å².